The Morgan fingerprint density at radius 3 is 2.27 bits per heavy atom. The highest BCUT2D eigenvalue weighted by molar-refractivity contribution is 5.89. The third-order valence-electron chi connectivity index (χ3n) is 5.27. The maximum Gasteiger partial charge on any atom is 0.229 e. The van der Waals surface area contributed by atoms with Crippen molar-refractivity contribution in [1.82, 2.24) is 0 Å². The Morgan fingerprint density at radius 1 is 0.879 bits per heavy atom. The van der Waals surface area contributed by atoms with Crippen molar-refractivity contribution in [3.05, 3.63) is 40.6 Å². The van der Waals surface area contributed by atoms with E-state index in [-0.39, 0.29) is 28.0 Å². The molecule has 0 bridgehead atoms. The number of aliphatic hydroxyl groups excluding tert-OH is 4. The Balaban J connectivity index is 1.75. The van der Waals surface area contributed by atoms with Gasteiger partial charge in [0.25, 0.3) is 0 Å². The fraction of sp³-hybridized carbons (Fsp3) is 0.286. The topological polar surface area (TPSA) is 211 Å². The molecule has 33 heavy (non-hydrogen) atoms. The first-order valence-electron chi connectivity index (χ1n) is 9.64. The lowest BCUT2D eigenvalue weighted by Crippen LogP contribution is -2.60. The number of phenols is 4. The summed E-state index contributed by atoms with van der Waals surface area (Å²) in [5, 5.41) is 78.8. The maximum absolute atomic E-state index is 12.7. The lowest BCUT2D eigenvalue weighted by Gasteiger charge is -2.39. The van der Waals surface area contributed by atoms with E-state index in [4.69, 9.17) is 13.9 Å². The molecule has 0 saturated carbocycles. The Bertz CT molecular complexity index is 1250. The predicted molar refractivity (Wildman–Crippen MR) is 109 cm³/mol. The van der Waals surface area contributed by atoms with E-state index in [0.717, 1.165) is 18.2 Å². The van der Waals surface area contributed by atoms with Gasteiger partial charge in [0.05, 0.1) is 6.61 Å². The van der Waals surface area contributed by atoms with Crippen LogP contribution in [0, 0.1) is 0 Å². The summed E-state index contributed by atoms with van der Waals surface area (Å²) >= 11 is 0. The number of fused-ring (bicyclic) bond motifs is 1. The van der Waals surface area contributed by atoms with E-state index >= 15 is 0 Å². The van der Waals surface area contributed by atoms with Crippen LogP contribution in [0.15, 0.2) is 39.5 Å². The van der Waals surface area contributed by atoms with Gasteiger partial charge in [0.1, 0.15) is 41.1 Å². The standard InChI is InChI=1S/C21H20O12/c22-6-14-16(27)18(29)19(30)21(32-14)33-20-11(26)5-13-15(17(20)28)10(25)4-12(31-13)7-1-2-8(23)9(24)3-7/h1-5,14,16,18-19,21-24,26-30H,6H2/t14-,16+,18+,19-,21-/m0/s1. The van der Waals surface area contributed by atoms with Crippen molar-refractivity contribution in [2.75, 3.05) is 6.61 Å². The van der Waals surface area contributed by atoms with Crippen LogP contribution in [0.4, 0.5) is 0 Å². The highest BCUT2D eigenvalue weighted by atomic mass is 16.7. The summed E-state index contributed by atoms with van der Waals surface area (Å²) in [5.74, 6) is -3.11. The summed E-state index contributed by atoms with van der Waals surface area (Å²) in [6, 6.07) is 5.66. The van der Waals surface area contributed by atoms with Crippen molar-refractivity contribution < 1.29 is 54.7 Å². The molecule has 5 atom stereocenters. The van der Waals surface area contributed by atoms with Crippen LogP contribution in [0.25, 0.3) is 22.3 Å². The molecule has 0 radical (unpaired) electrons. The number of phenolic OH excluding ortho intramolecular Hbond substituents is 4. The van der Waals surface area contributed by atoms with Gasteiger partial charge in [-0.05, 0) is 18.2 Å². The van der Waals surface area contributed by atoms with Gasteiger partial charge in [-0.15, -0.1) is 0 Å². The van der Waals surface area contributed by atoms with Crippen molar-refractivity contribution in [1.29, 1.82) is 0 Å². The summed E-state index contributed by atoms with van der Waals surface area (Å²) in [5.41, 5.74) is -0.777. The van der Waals surface area contributed by atoms with E-state index in [0.29, 0.717) is 0 Å². The number of rotatable bonds is 4. The summed E-state index contributed by atoms with van der Waals surface area (Å²) in [7, 11) is 0. The molecule has 4 rings (SSSR count). The summed E-state index contributed by atoms with van der Waals surface area (Å²) in [6.45, 7) is -0.723. The second-order valence-corrected chi connectivity index (χ2v) is 7.44. The number of hydrogen-bond donors (Lipinski definition) is 8. The Morgan fingerprint density at radius 2 is 1.61 bits per heavy atom. The van der Waals surface area contributed by atoms with E-state index < -0.39 is 65.7 Å². The van der Waals surface area contributed by atoms with Gasteiger partial charge in [-0.3, -0.25) is 4.79 Å². The fourth-order valence-corrected chi connectivity index (χ4v) is 3.49. The lowest BCUT2D eigenvalue weighted by molar-refractivity contribution is -0.277. The smallest absolute Gasteiger partial charge is 0.229 e. The Hall–Kier alpha value is -3.55. The molecule has 1 aliphatic heterocycles. The molecule has 12 heteroatoms. The van der Waals surface area contributed by atoms with Crippen LogP contribution in [0.5, 0.6) is 28.7 Å². The van der Waals surface area contributed by atoms with Crippen molar-refractivity contribution in [2.45, 2.75) is 30.7 Å². The maximum atomic E-state index is 12.7. The normalized spacial score (nSPS) is 25.3. The first kappa shape index (κ1) is 22.6. The summed E-state index contributed by atoms with van der Waals surface area (Å²) in [6.07, 6.45) is -8.25. The minimum Gasteiger partial charge on any atom is -0.504 e. The zero-order valence-corrected chi connectivity index (χ0v) is 16.7. The number of aromatic hydroxyl groups is 4. The van der Waals surface area contributed by atoms with Crippen LogP contribution in [-0.2, 0) is 4.74 Å². The van der Waals surface area contributed by atoms with Gasteiger partial charge in [0.2, 0.25) is 12.0 Å². The lowest BCUT2D eigenvalue weighted by atomic mass is 9.99. The Kier molecular flexibility index (Phi) is 5.78. The van der Waals surface area contributed by atoms with Gasteiger partial charge in [-0.25, -0.2) is 0 Å². The van der Waals surface area contributed by atoms with Gasteiger partial charge in [0.15, 0.2) is 28.4 Å². The fourth-order valence-electron chi connectivity index (χ4n) is 3.49. The molecule has 2 heterocycles. The quantitative estimate of drug-likeness (QED) is 0.229. The summed E-state index contributed by atoms with van der Waals surface area (Å²) in [4.78, 5) is 12.7. The predicted octanol–water partition coefficient (Wildman–Crippen LogP) is -0.539. The van der Waals surface area contributed by atoms with Crippen LogP contribution in [0.1, 0.15) is 0 Å². The van der Waals surface area contributed by atoms with E-state index in [9.17, 15) is 45.6 Å². The second kappa shape index (κ2) is 8.42. The van der Waals surface area contributed by atoms with Crippen LogP contribution in [0.3, 0.4) is 0 Å². The molecule has 0 unspecified atom stereocenters. The average molecular weight is 464 g/mol. The molecular formula is C21H20O12. The van der Waals surface area contributed by atoms with E-state index in [1.165, 1.54) is 12.1 Å². The van der Waals surface area contributed by atoms with Crippen molar-refractivity contribution >= 4 is 11.0 Å². The molecule has 176 valence electrons. The molecule has 1 saturated heterocycles. The molecule has 0 aliphatic carbocycles. The molecule has 2 aromatic carbocycles. The molecule has 1 aliphatic rings. The van der Waals surface area contributed by atoms with Crippen LogP contribution in [-0.4, -0.2) is 78.2 Å². The second-order valence-electron chi connectivity index (χ2n) is 7.44. The first-order chi connectivity index (χ1) is 15.6. The largest absolute Gasteiger partial charge is 0.504 e. The number of ether oxygens (including phenoxy) is 2. The monoisotopic (exact) mass is 464 g/mol. The van der Waals surface area contributed by atoms with Gasteiger partial charge in [-0.2, -0.15) is 0 Å². The SMILES string of the molecule is O=c1cc(-c2ccc(O)c(O)c2)oc2cc(O)c(O[C@@H]3O[C@@H](CO)[C@@H](O)[C@@H](O)[C@@H]3O)c(O)c12. The Labute approximate surface area is 184 Å². The zero-order valence-electron chi connectivity index (χ0n) is 16.7. The zero-order chi connectivity index (χ0) is 24.0. The number of benzene rings is 2. The number of aliphatic hydroxyl groups is 4. The van der Waals surface area contributed by atoms with Crippen molar-refractivity contribution in [3.8, 4) is 40.1 Å². The van der Waals surface area contributed by atoms with Crippen LogP contribution < -0.4 is 10.2 Å². The molecule has 1 aromatic heterocycles. The summed E-state index contributed by atoms with van der Waals surface area (Å²) < 4.78 is 16.0. The van der Waals surface area contributed by atoms with E-state index in [2.05, 4.69) is 0 Å². The minimum absolute atomic E-state index is 0.0378. The molecule has 12 nitrogen and oxygen atoms in total. The average Bonchev–Trinajstić information content (AvgIpc) is 2.77. The van der Waals surface area contributed by atoms with Gasteiger partial charge in [0, 0.05) is 17.7 Å². The van der Waals surface area contributed by atoms with E-state index in [1.54, 1.807) is 0 Å². The van der Waals surface area contributed by atoms with Crippen LogP contribution in [0.2, 0.25) is 0 Å². The van der Waals surface area contributed by atoms with Gasteiger partial charge >= 0.3 is 0 Å². The molecule has 3 aromatic rings. The molecular weight excluding hydrogens is 444 g/mol. The first-order valence-corrected chi connectivity index (χ1v) is 9.64. The van der Waals surface area contributed by atoms with Crippen LogP contribution >= 0.6 is 0 Å². The van der Waals surface area contributed by atoms with Gasteiger partial charge < -0.3 is 54.7 Å². The highest BCUT2D eigenvalue weighted by Gasteiger charge is 2.45. The van der Waals surface area contributed by atoms with E-state index in [1.807, 2.05) is 0 Å². The highest BCUT2D eigenvalue weighted by Crippen LogP contribution is 2.43. The third kappa shape index (κ3) is 3.90. The molecule has 0 amide bonds. The molecule has 1 fully saturated rings. The number of hydrogen-bond acceptors (Lipinski definition) is 12. The molecule has 8 N–H and O–H groups in total. The third-order valence-corrected chi connectivity index (χ3v) is 5.27. The van der Waals surface area contributed by atoms with Crippen molar-refractivity contribution in [2.24, 2.45) is 0 Å². The van der Waals surface area contributed by atoms with Gasteiger partial charge in [-0.1, -0.05) is 0 Å². The van der Waals surface area contributed by atoms with Crippen molar-refractivity contribution in [3.63, 3.8) is 0 Å². The molecule has 0 spiro atoms. The minimum atomic E-state index is -1.82.